The normalized spacial score (nSPS) is 19.9. The van der Waals surface area contributed by atoms with E-state index in [4.69, 9.17) is 4.74 Å². The van der Waals surface area contributed by atoms with Crippen LogP contribution in [-0.4, -0.2) is 34.5 Å². The minimum absolute atomic E-state index is 0.377. The molecule has 1 aliphatic rings. The summed E-state index contributed by atoms with van der Waals surface area (Å²) in [5.41, 5.74) is 0.377. The molecule has 1 saturated heterocycles. The van der Waals surface area contributed by atoms with E-state index >= 15 is 0 Å². The lowest BCUT2D eigenvalue weighted by molar-refractivity contribution is 0.0374. The van der Waals surface area contributed by atoms with Crippen molar-refractivity contribution in [3.8, 4) is 0 Å². The van der Waals surface area contributed by atoms with Gasteiger partial charge in [-0.25, -0.2) is 0 Å². The molecule has 1 aliphatic heterocycles. The van der Waals surface area contributed by atoms with Gasteiger partial charge in [0.1, 0.15) is 5.01 Å². The van der Waals surface area contributed by atoms with E-state index in [0.29, 0.717) is 5.41 Å². The lowest BCUT2D eigenvalue weighted by Gasteiger charge is -2.34. The fraction of sp³-hybridized carbons (Fsp3) is 0.800. The first-order chi connectivity index (χ1) is 7.74. The van der Waals surface area contributed by atoms with Gasteiger partial charge in [-0.2, -0.15) is 0 Å². The molecule has 0 unspecified atom stereocenters. The Kier molecular flexibility index (Phi) is 4.64. The molecule has 0 aliphatic carbocycles. The van der Waals surface area contributed by atoms with E-state index in [1.54, 1.807) is 11.3 Å². The fourth-order valence-corrected chi connectivity index (χ4v) is 4.80. The van der Waals surface area contributed by atoms with Crippen molar-refractivity contribution in [3.63, 3.8) is 0 Å². The summed E-state index contributed by atoms with van der Waals surface area (Å²) >= 11 is 7.16. The van der Waals surface area contributed by atoms with E-state index in [-0.39, 0.29) is 0 Å². The second kappa shape index (κ2) is 5.80. The van der Waals surface area contributed by atoms with Crippen LogP contribution in [0.15, 0.2) is 4.34 Å². The van der Waals surface area contributed by atoms with Crippen LogP contribution in [0.1, 0.15) is 17.8 Å². The van der Waals surface area contributed by atoms with Gasteiger partial charge < -0.3 is 4.74 Å². The Hall–Kier alpha value is 0.350. The summed E-state index contributed by atoms with van der Waals surface area (Å²) in [4.78, 5) is 0. The molecule has 0 atom stereocenters. The molecule has 0 spiro atoms. The minimum atomic E-state index is 0.377. The number of halogens is 1. The molecular weight excluding hydrogens is 308 g/mol. The van der Waals surface area contributed by atoms with Crippen LogP contribution in [0.3, 0.4) is 0 Å². The van der Waals surface area contributed by atoms with Gasteiger partial charge in [0.15, 0.2) is 4.34 Å². The van der Waals surface area contributed by atoms with E-state index in [9.17, 15) is 0 Å². The Balaban J connectivity index is 1.91. The molecule has 0 N–H and O–H groups in total. The summed E-state index contributed by atoms with van der Waals surface area (Å²) in [6.45, 7) is 3.78. The molecular formula is C10H15BrN2OS2. The molecule has 16 heavy (non-hydrogen) atoms. The average molecular weight is 323 g/mol. The lowest BCUT2D eigenvalue weighted by Crippen LogP contribution is -2.33. The Morgan fingerprint density at radius 1 is 1.44 bits per heavy atom. The van der Waals surface area contributed by atoms with Crippen LogP contribution in [0, 0.1) is 12.3 Å². The lowest BCUT2D eigenvalue weighted by atomic mass is 9.85. The molecule has 0 radical (unpaired) electrons. The quantitative estimate of drug-likeness (QED) is 0.630. The second-order valence-electron chi connectivity index (χ2n) is 4.12. The van der Waals surface area contributed by atoms with E-state index < -0.39 is 0 Å². The number of aryl methyl sites for hydroxylation is 1. The van der Waals surface area contributed by atoms with Gasteiger partial charge in [0.2, 0.25) is 0 Å². The van der Waals surface area contributed by atoms with E-state index in [1.165, 1.54) is 0 Å². The third-order valence-corrected chi connectivity index (χ3v) is 6.36. The smallest absolute Gasteiger partial charge is 0.174 e. The first-order valence-corrected chi connectivity index (χ1v) is 8.23. The van der Waals surface area contributed by atoms with Crippen molar-refractivity contribution in [1.82, 2.24) is 10.2 Å². The topological polar surface area (TPSA) is 35.0 Å². The summed E-state index contributed by atoms with van der Waals surface area (Å²) in [5, 5.41) is 10.3. The largest absolute Gasteiger partial charge is 0.381 e. The number of hydrogen-bond acceptors (Lipinski definition) is 5. The Bertz CT molecular complexity index is 339. The zero-order valence-corrected chi connectivity index (χ0v) is 12.5. The zero-order valence-electron chi connectivity index (χ0n) is 9.24. The number of aromatic nitrogens is 2. The number of thioether (sulfide) groups is 1. The highest BCUT2D eigenvalue weighted by atomic mass is 79.9. The predicted molar refractivity (Wildman–Crippen MR) is 71.7 cm³/mol. The molecule has 0 bridgehead atoms. The molecule has 0 saturated carbocycles. The maximum absolute atomic E-state index is 5.43. The standard InChI is InChI=1S/C10H15BrN2OS2/c1-8-12-13-9(16-8)15-7-10(6-11)2-4-14-5-3-10/h2-7H2,1H3. The molecule has 0 amide bonds. The first-order valence-electron chi connectivity index (χ1n) is 5.31. The molecule has 6 heteroatoms. The third kappa shape index (κ3) is 3.18. The van der Waals surface area contributed by atoms with Crippen molar-refractivity contribution in [2.45, 2.75) is 24.1 Å². The van der Waals surface area contributed by atoms with Gasteiger partial charge >= 0.3 is 0 Å². The molecule has 2 heterocycles. The number of ether oxygens (including phenoxy) is 1. The van der Waals surface area contributed by atoms with Gasteiger partial charge in [0, 0.05) is 24.3 Å². The number of hydrogen-bond donors (Lipinski definition) is 0. The van der Waals surface area contributed by atoms with Crippen molar-refractivity contribution >= 4 is 39.0 Å². The summed E-state index contributed by atoms with van der Waals surface area (Å²) in [6.07, 6.45) is 2.28. The Morgan fingerprint density at radius 3 is 2.75 bits per heavy atom. The Labute approximate surface area is 112 Å². The average Bonchev–Trinajstić information content (AvgIpc) is 2.74. The van der Waals surface area contributed by atoms with Crippen LogP contribution in [-0.2, 0) is 4.74 Å². The number of alkyl halides is 1. The van der Waals surface area contributed by atoms with Gasteiger partial charge in [-0.15, -0.1) is 10.2 Å². The minimum Gasteiger partial charge on any atom is -0.381 e. The van der Waals surface area contributed by atoms with Gasteiger partial charge in [0.05, 0.1) is 0 Å². The number of rotatable bonds is 4. The third-order valence-electron chi connectivity index (χ3n) is 2.85. The van der Waals surface area contributed by atoms with Crippen molar-refractivity contribution in [2.24, 2.45) is 5.41 Å². The van der Waals surface area contributed by atoms with Crippen LogP contribution >= 0.6 is 39.0 Å². The van der Waals surface area contributed by atoms with Gasteiger partial charge in [-0.05, 0) is 25.2 Å². The van der Waals surface area contributed by atoms with Crippen molar-refractivity contribution < 1.29 is 4.74 Å². The maximum atomic E-state index is 5.43. The van der Waals surface area contributed by atoms with Gasteiger partial charge in [-0.3, -0.25) is 0 Å². The molecule has 3 nitrogen and oxygen atoms in total. The first kappa shape index (κ1) is 12.8. The number of nitrogens with zero attached hydrogens (tertiary/aromatic N) is 2. The van der Waals surface area contributed by atoms with Crippen LogP contribution < -0.4 is 0 Å². The summed E-state index contributed by atoms with van der Waals surface area (Å²) in [7, 11) is 0. The molecule has 1 aromatic heterocycles. The molecule has 2 rings (SSSR count). The Morgan fingerprint density at radius 2 is 2.19 bits per heavy atom. The van der Waals surface area contributed by atoms with Crippen molar-refractivity contribution in [2.75, 3.05) is 24.3 Å². The molecule has 1 fully saturated rings. The van der Waals surface area contributed by atoms with Crippen LogP contribution in [0.5, 0.6) is 0 Å². The van der Waals surface area contributed by atoms with Crippen LogP contribution in [0.2, 0.25) is 0 Å². The van der Waals surface area contributed by atoms with Gasteiger partial charge in [-0.1, -0.05) is 39.0 Å². The fourth-order valence-electron chi connectivity index (χ4n) is 1.67. The highest BCUT2D eigenvalue weighted by Crippen LogP contribution is 2.38. The summed E-state index contributed by atoms with van der Waals surface area (Å²) in [6, 6.07) is 0. The highest BCUT2D eigenvalue weighted by molar-refractivity contribution is 9.09. The second-order valence-corrected chi connectivity index (χ2v) is 7.09. The maximum Gasteiger partial charge on any atom is 0.174 e. The highest BCUT2D eigenvalue weighted by Gasteiger charge is 2.31. The van der Waals surface area contributed by atoms with Gasteiger partial charge in [0.25, 0.3) is 0 Å². The van der Waals surface area contributed by atoms with E-state index in [1.807, 2.05) is 18.7 Å². The summed E-state index contributed by atoms with van der Waals surface area (Å²) < 4.78 is 6.51. The molecule has 1 aromatic rings. The molecule has 0 aromatic carbocycles. The SMILES string of the molecule is Cc1nnc(SCC2(CBr)CCOCC2)s1. The summed E-state index contributed by atoms with van der Waals surface area (Å²) in [5.74, 6) is 1.11. The zero-order chi connectivity index (χ0) is 11.4. The van der Waals surface area contributed by atoms with Crippen molar-refractivity contribution in [1.29, 1.82) is 0 Å². The predicted octanol–water partition coefficient (Wildman–Crippen LogP) is 3.13. The van der Waals surface area contributed by atoms with Crippen LogP contribution in [0.25, 0.3) is 0 Å². The monoisotopic (exact) mass is 322 g/mol. The van der Waals surface area contributed by atoms with Crippen molar-refractivity contribution in [3.05, 3.63) is 5.01 Å². The van der Waals surface area contributed by atoms with Crippen LogP contribution in [0.4, 0.5) is 0 Å². The van der Waals surface area contributed by atoms with E-state index in [2.05, 4.69) is 26.1 Å². The molecule has 90 valence electrons. The van der Waals surface area contributed by atoms with E-state index in [0.717, 1.165) is 46.5 Å².